The lowest BCUT2D eigenvalue weighted by Crippen LogP contribution is -2.51. The fraction of sp³-hybridized carbons (Fsp3) is 0.588. The number of ether oxygens (including phenoxy) is 1. The van der Waals surface area contributed by atoms with Crippen molar-refractivity contribution >= 4 is 18.3 Å². The second-order valence-electron chi connectivity index (χ2n) is 6.13. The van der Waals surface area contributed by atoms with Crippen molar-refractivity contribution < 1.29 is 9.53 Å². The highest BCUT2D eigenvalue weighted by molar-refractivity contribution is 5.85. The van der Waals surface area contributed by atoms with Crippen molar-refractivity contribution in [3.8, 4) is 0 Å². The van der Waals surface area contributed by atoms with Gasteiger partial charge >= 0.3 is 0 Å². The lowest BCUT2D eigenvalue weighted by molar-refractivity contribution is -0.135. The lowest BCUT2D eigenvalue weighted by Gasteiger charge is -2.35. The van der Waals surface area contributed by atoms with Crippen LogP contribution in [-0.4, -0.2) is 43.7 Å². The van der Waals surface area contributed by atoms with Crippen LogP contribution in [0.5, 0.6) is 0 Å². The van der Waals surface area contributed by atoms with Crippen molar-refractivity contribution in [2.24, 2.45) is 5.92 Å². The first kappa shape index (κ1) is 17.3. The number of carbonyl (C=O) groups excluding carboxylic acids is 1. The Balaban J connectivity index is 0.00000176. The van der Waals surface area contributed by atoms with Gasteiger partial charge in [0.2, 0.25) is 5.91 Å². The zero-order chi connectivity index (χ0) is 14.7. The summed E-state index contributed by atoms with van der Waals surface area (Å²) in [5.74, 6) is 0.875. The van der Waals surface area contributed by atoms with Crippen LogP contribution in [0, 0.1) is 5.92 Å². The van der Waals surface area contributed by atoms with Gasteiger partial charge in [0.15, 0.2) is 0 Å². The fourth-order valence-electron chi connectivity index (χ4n) is 3.41. The van der Waals surface area contributed by atoms with E-state index < -0.39 is 0 Å². The number of hydrogen-bond donors (Lipinski definition) is 1. The molecule has 1 fully saturated rings. The van der Waals surface area contributed by atoms with Gasteiger partial charge in [0.1, 0.15) is 0 Å². The summed E-state index contributed by atoms with van der Waals surface area (Å²) in [6, 6.07) is 8.34. The number of nitrogens with one attached hydrogen (secondary N) is 1. The van der Waals surface area contributed by atoms with Crippen LogP contribution >= 0.6 is 12.4 Å². The number of benzene rings is 1. The van der Waals surface area contributed by atoms with Crippen LogP contribution in [0.4, 0.5) is 0 Å². The molecule has 1 aromatic rings. The number of halogens is 1. The van der Waals surface area contributed by atoms with E-state index in [0.717, 1.165) is 45.5 Å². The third-order valence-electron chi connectivity index (χ3n) is 4.71. The number of fused-ring (bicyclic) bond motifs is 1. The summed E-state index contributed by atoms with van der Waals surface area (Å²) < 4.78 is 5.22. The molecule has 1 atom stereocenters. The van der Waals surface area contributed by atoms with E-state index in [4.69, 9.17) is 4.74 Å². The summed E-state index contributed by atoms with van der Waals surface area (Å²) >= 11 is 0. The van der Waals surface area contributed by atoms with Crippen molar-refractivity contribution in [1.82, 2.24) is 10.2 Å². The largest absolute Gasteiger partial charge is 0.384 e. The van der Waals surface area contributed by atoms with Crippen LogP contribution in [0.15, 0.2) is 24.3 Å². The van der Waals surface area contributed by atoms with Gasteiger partial charge in [-0.25, -0.2) is 0 Å². The summed E-state index contributed by atoms with van der Waals surface area (Å²) in [6.45, 7) is 3.35. The van der Waals surface area contributed by atoms with E-state index in [1.807, 2.05) is 4.90 Å². The Labute approximate surface area is 138 Å². The van der Waals surface area contributed by atoms with Gasteiger partial charge in [0, 0.05) is 33.4 Å². The molecule has 1 aromatic carbocycles. The predicted octanol–water partition coefficient (Wildman–Crippen LogP) is 2.01. The van der Waals surface area contributed by atoms with Gasteiger partial charge in [-0.1, -0.05) is 24.3 Å². The van der Waals surface area contributed by atoms with Crippen molar-refractivity contribution in [2.45, 2.75) is 31.8 Å². The van der Waals surface area contributed by atoms with Gasteiger partial charge in [-0.3, -0.25) is 4.79 Å². The molecule has 2 aliphatic heterocycles. The van der Waals surface area contributed by atoms with E-state index in [2.05, 4.69) is 29.6 Å². The smallest absolute Gasteiger partial charge is 0.240 e. The van der Waals surface area contributed by atoms with Gasteiger partial charge in [0.25, 0.3) is 0 Å². The molecule has 2 aliphatic rings. The maximum atomic E-state index is 12.7. The molecule has 3 rings (SSSR count). The topological polar surface area (TPSA) is 41.6 Å². The standard InChI is InChI=1S/C17H24N2O2.ClH/c1-21-12-13-6-8-19(9-7-13)17(20)16-10-14-4-2-3-5-15(14)11-18-16;/h2-5,13,16,18H,6-12H2,1H3;1H. The molecule has 4 nitrogen and oxygen atoms in total. The van der Waals surface area contributed by atoms with E-state index in [0.29, 0.717) is 5.92 Å². The zero-order valence-electron chi connectivity index (χ0n) is 13.1. The van der Waals surface area contributed by atoms with E-state index in [1.165, 1.54) is 11.1 Å². The summed E-state index contributed by atoms with van der Waals surface area (Å²) in [5.41, 5.74) is 2.63. The minimum atomic E-state index is -0.0566. The molecule has 0 saturated carbocycles. The molecule has 5 heteroatoms. The molecular weight excluding hydrogens is 300 g/mol. The number of methoxy groups -OCH3 is 1. The Kier molecular flexibility index (Phi) is 6.24. The number of rotatable bonds is 3. The van der Waals surface area contributed by atoms with Crippen LogP contribution in [-0.2, 0) is 22.5 Å². The third-order valence-corrected chi connectivity index (χ3v) is 4.71. The van der Waals surface area contributed by atoms with Crippen molar-refractivity contribution in [3.05, 3.63) is 35.4 Å². The van der Waals surface area contributed by atoms with Gasteiger partial charge in [-0.05, 0) is 36.3 Å². The molecule has 0 aliphatic carbocycles. The first-order chi connectivity index (χ1) is 10.3. The molecule has 2 heterocycles. The lowest BCUT2D eigenvalue weighted by atomic mass is 9.93. The Morgan fingerprint density at radius 1 is 1.27 bits per heavy atom. The van der Waals surface area contributed by atoms with Crippen molar-refractivity contribution in [3.63, 3.8) is 0 Å². The number of piperidine rings is 1. The first-order valence-corrected chi connectivity index (χ1v) is 7.86. The number of carbonyl (C=O) groups is 1. The minimum absolute atomic E-state index is 0. The van der Waals surface area contributed by atoms with Crippen molar-refractivity contribution in [2.75, 3.05) is 26.8 Å². The number of likely N-dealkylation sites (tertiary alicyclic amines) is 1. The average Bonchev–Trinajstić information content (AvgIpc) is 2.55. The van der Waals surface area contributed by atoms with Crippen LogP contribution < -0.4 is 5.32 Å². The van der Waals surface area contributed by atoms with Crippen LogP contribution in [0.2, 0.25) is 0 Å². The highest BCUT2D eigenvalue weighted by Gasteiger charge is 2.30. The Morgan fingerprint density at radius 3 is 2.64 bits per heavy atom. The highest BCUT2D eigenvalue weighted by atomic mass is 35.5. The molecular formula is C17H25ClN2O2. The first-order valence-electron chi connectivity index (χ1n) is 7.86. The van der Waals surface area contributed by atoms with Crippen molar-refractivity contribution in [1.29, 1.82) is 0 Å². The highest BCUT2D eigenvalue weighted by Crippen LogP contribution is 2.21. The maximum absolute atomic E-state index is 12.7. The zero-order valence-corrected chi connectivity index (χ0v) is 13.9. The van der Waals surface area contributed by atoms with E-state index in [9.17, 15) is 4.79 Å². The molecule has 0 bridgehead atoms. The Hall–Kier alpha value is -1.10. The second kappa shape index (κ2) is 7.95. The Bertz CT molecular complexity index is 501. The molecule has 1 amide bonds. The number of amides is 1. The molecule has 0 aromatic heterocycles. The quantitative estimate of drug-likeness (QED) is 0.924. The molecule has 0 spiro atoms. The monoisotopic (exact) mass is 324 g/mol. The predicted molar refractivity (Wildman–Crippen MR) is 89.2 cm³/mol. The summed E-state index contributed by atoms with van der Waals surface area (Å²) in [6.07, 6.45) is 2.93. The number of hydrogen-bond acceptors (Lipinski definition) is 3. The van der Waals surface area contributed by atoms with Crippen LogP contribution in [0.1, 0.15) is 24.0 Å². The molecule has 1 saturated heterocycles. The SMILES string of the molecule is COCC1CCN(C(=O)C2Cc3ccccc3CN2)CC1.Cl. The number of nitrogens with zero attached hydrogens (tertiary/aromatic N) is 1. The van der Waals surface area contributed by atoms with Gasteiger partial charge < -0.3 is 15.0 Å². The van der Waals surface area contributed by atoms with E-state index in [-0.39, 0.29) is 24.4 Å². The van der Waals surface area contributed by atoms with E-state index >= 15 is 0 Å². The Morgan fingerprint density at radius 2 is 1.95 bits per heavy atom. The van der Waals surface area contributed by atoms with Gasteiger partial charge in [-0.2, -0.15) is 0 Å². The molecule has 0 radical (unpaired) electrons. The van der Waals surface area contributed by atoms with Crippen LogP contribution in [0.25, 0.3) is 0 Å². The normalized spacial score (nSPS) is 21.9. The molecule has 122 valence electrons. The average molecular weight is 325 g/mol. The van der Waals surface area contributed by atoms with Crippen LogP contribution in [0.3, 0.4) is 0 Å². The van der Waals surface area contributed by atoms with Gasteiger partial charge in [-0.15, -0.1) is 12.4 Å². The van der Waals surface area contributed by atoms with E-state index in [1.54, 1.807) is 7.11 Å². The summed E-state index contributed by atoms with van der Waals surface area (Å²) in [4.78, 5) is 14.7. The second-order valence-corrected chi connectivity index (χ2v) is 6.13. The summed E-state index contributed by atoms with van der Waals surface area (Å²) in [5, 5.41) is 3.39. The third kappa shape index (κ3) is 3.80. The summed E-state index contributed by atoms with van der Waals surface area (Å²) in [7, 11) is 1.75. The minimum Gasteiger partial charge on any atom is -0.384 e. The fourth-order valence-corrected chi connectivity index (χ4v) is 3.41. The van der Waals surface area contributed by atoms with Gasteiger partial charge in [0.05, 0.1) is 6.04 Å². The molecule has 1 N–H and O–H groups in total. The maximum Gasteiger partial charge on any atom is 0.240 e. The molecule has 22 heavy (non-hydrogen) atoms. The molecule has 1 unspecified atom stereocenters.